The Hall–Kier alpha value is -2.57. The summed E-state index contributed by atoms with van der Waals surface area (Å²) < 4.78 is 6.00. The minimum Gasteiger partial charge on any atom is -0.465 e. The molecule has 0 bridgehead atoms. The number of amides is 2. The van der Waals surface area contributed by atoms with Gasteiger partial charge < -0.3 is 14.5 Å². The Kier molecular flexibility index (Phi) is 5.71. The first-order valence-corrected chi connectivity index (χ1v) is 10.7. The highest BCUT2D eigenvalue weighted by Gasteiger charge is 2.52. The van der Waals surface area contributed by atoms with E-state index in [1.807, 2.05) is 49.4 Å². The van der Waals surface area contributed by atoms with Crippen molar-refractivity contribution >= 4 is 29.1 Å². The van der Waals surface area contributed by atoms with Crippen LogP contribution in [0.1, 0.15) is 19.4 Å². The van der Waals surface area contributed by atoms with E-state index in [4.69, 9.17) is 16.3 Å². The zero-order chi connectivity index (χ0) is 21.3. The van der Waals surface area contributed by atoms with Gasteiger partial charge in [-0.15, -0.1) is 0 Å². The van der Waals surface area contributed by atoms with Gasteiger partial charge in [-0.25, -0.2) is 0 Å². The number of piperazine rings is 1. The normalized spacial score (nSPS) is 21.9. The van der Waals surface area contributed by atoms with Gasteiger partial charge in [-0.05, 0) is 37.6 Å². The summed E-state index contributed by atoms with van der Waals surface area (Å²) in [7, 11) is 0. The lowest BCUT2D eigenvalue weighted by molar-refractivity contribution is -0.157. The van der Waals surface area contributed by atoms with E-state index < -0.39 is 5.60 Å². The highest BCUT2D eigenvalue weighted by Crippen LogP contribution is 2.38. The molecular formula is C23H26ClN3O3. The van der Waals surface area contributed by atoms with Crippen molar-refractivity contribution in [2.45, 2.75) is 26.0 Å². The zero-order valence-electron chi connectivity index (χ0n) is 17.3. The predicted molar refractivity (Wildman–Crippen MR) is 117 cm³/mol. The summed E-state index contributed by atoms with van der Waals surface area (Å²) >= 11 is 6.28. The molecule has 1 fully saturated rings. The number of anilines is 1. The highest BCUT2D eigenvalue weighted by atomic mass is 35.5. The highest BCUT2D eigenvalue weighted by molar-refractivity contribution is 6.31. The first-order chi connectivity index (χ1) is 14.4. The fraction of sp³-hybridized carbons (Fsp3) is 0.391. The molecule has 30 heavy (non-hydrogen) atoms. The third-order valence-electron chi connectivity index (χ3n) is 5.86. The molecule has 0 aromatic heterocycles. The van der Waals surface area contributed by atoms with Gasteiger partial charge in [-0.1, -0.05) is 41.9 Å². The molecule has 2 amide bonds. The number of fused-ring (bicyclic) bond motifs is 1. The van der Waals surface area contributed by atoms with Crippen molar-refractivity contribution in [2.24, 2.45) is 0 Å². The number of rotatable bonds is 4. The second-order valence-electron chi connectivity index (χ2n) is 7.81. The number of carbonyl (C=O) groups excluding carboxylic acids is 2. The van der Waals surface area contributed by atoms with Crippen LogP contribution < -0.4 is 9.64 Å². The number of likely N-dealkylation sites (N-methyl/N-ethyl adjacent to an activating group) is 1. The molecule has 158 valence electrons. The summed E-state index contributed by atoms with van der Waals surface area (Å²) in [5, 5.41) is 0.753. The van der Waals surface area contributed by atoms with E-state index in [-0.39, 0.29) is 11.8 Å². The fourth-order valence-corrected chi connectivity index (χ4v) is 4.32. The van der Waals surface area contributed by atoms with E-state index >= 15 is 0 Å². The van der Waals surface area contributed by atoms with Crippen molar-refractivity contribution in [3.8, 4) is 5.75 Å². The van der Waals surface area contributed by atoms with Crippen LogP contribution in [0.2, 0.25) is 5.02 Å². The van der Waals surface area contributed by atoms with Gasteiger partial charge in [-0.3, -0.25) is 14.5 Å². The minimum atomic E-state index is -1.55. The minimum absolute atomic E-state index is 0.280. The average molecular weight is 428 g/mol. The molecule has 0 radical (unpaired) electrons. The van der Waals surface area contributed by atoms with E-state index in [1.165, 1.54) is 0 Å². The van der Waals surface area contributed by atoms with Gasteiger partial charge in [0, 0.05) is 44.3 Å². The lowest BCUT2D eigenvalue weighted by Crippen LogP contribution is -2.64. The number of hydrogen-bond donors (Lipinski definition) is 0. The van der Waals surface area contributed by atoms with Crippen LogP contribution in [-0.2, 0) is 16.1 Å². The molecule has 7 heteroatoms. The monoisotopic (exact) mass is 427 g/mol. The molecule has 1 atom stereocenters. The topological polar surface area (TPSA) is 53.1 Å². The van der Waals surface area contributed by atoms with Gasteiger partial charge in [0.2, 0.25) is 0 Å². The number of nitrogens with zero attached hydrogens (tertiary/aromatic N) is 3. The molecule has 0 aliphatic carbocycles. The first kappa shape index (κ1) is 20.7. The molecular weight excluding hydrogens is 402 g/mol. The Labute approximate surface area is 182 Å². The first-order valence-electron chi connectivity index (χ1n) is 10.3. The second-order valence-corrected chi connectivity index (χ2v) is 8.22. The SMILES string of the molecule is CCN1C(=O)C(C)(C(=O)N2CCN(Cc3ccccc3Cl)CC2)Oc2ccccc21. The molecule has 2 aliphatic heterocycles. The van der Waals surface area contributed by atoms with Gasteiger partial charge in [0.1, 0.15) is 5.75 Å². The Morgan fingerprint density at radius 3 is 2.43 bits per heavy atom. The van der Waals surface area contributed by atoms with Gasteiger partial charge >= 0.3 is 0 Å². The number of hydrogen-bond acceptors (Lipinski definition) is 4. The van der Waals surface area contributed by atoms with Crippen LogP contribution in [0, 0.1) is 0 Å². The molecule has 1 unspecified atom stereocenters. The summed E-state index contributed by atoms with van der Waals surface area (Å²) in [6, 6.07) is 15.2. The lowest BCUT2D eigenvalue weighted by atomic mass is 9.98. The third kappa shape index (κ3) is 3.66. The van der Waals surface area contributed by atoms with Crippen molar-refractivity contribution < 1.29 is 14.3 Å². The van der Waals surface area contributed by atoms with Crippen LogP contribution in [0.25, 0.3) is 0 Å². The number of benzene rings is 2. The van der Waals surface area contributed by atoms with Crippen molar-refractivity contribution in [1.29, 1.82) is 0 Å². The Morgan fingerprint density at radius 1 is 1.07 bits per heavy atom. The molecule has 0 saturated carbocycles. The summed E-state index contributed by atoms with van der Waals surface area (Å²) in [5.74, 6) is -0.0304. The van der Waals surface area contributed by atoms with Crippen LogP contribution in [0.3, 0.4) is 0 Å². The summed E-state index contributed by atoms with van der Waals surface area (Å²) in [6.07, 6.45) is 0. The van der Waals surface area contributed by atoms with Crippen LogP contribution in [0.4, 0.5) is 5.69 Å². The molecule has 2 aromatic rings. The number of halogens is 1. The van der Waals surface area contributed by atoms with Crippen LogP contribution >= 0.6 is 11.6 Å². The average Bonchev–Trinajstić information content (AvgIpc) is 2.76. The van der Waals surface area contributed by atoms with Crippen LogP contribution in [0.5, 0.6) is 5.75 Å². The van der Waals surface area contributed by atoms with Gasteiger partial charge in [0.05, 0.1) is 5.69 Å². The number of para-hydroxylation sites is 2. The number of carbonyl (C=O) groups is 2. The predicted octanol–water partition coefficient (Wildman–Crippen LogP) is 3.19. The molecule has 2 aliphatic rings. The van der Waals surface area contributed by atoms with Crippen LogP contribution in [-0.4, -0.2) is 59.9 Å². The van der Waals surface area contributed by atoms with Crippen molar-refractivity contribution in [3.05, 3.63) is 59.1 Å². The van der Waals surface area contributed by atoms with Crippen molar-refractivity contribution in [1.82, 2.24) is 9.80 Å². The fourth-order valence-electron chi connectivity index (χ4n) is 4.12. The third-order valence-corrected chi connectivity index (χ3v) is 6.23. The Balaban J connectivity index is 1.46. The molecule has 2 heterocycles. The molecule has 0 spiro atoms. The molecule has 2 aromatic carbocycles. The molecule has 0 N–H and O–H groups in total. The Morgan fingerprint density at radius 2 is 1.73 bits per heavy atom. The zero-order valence-corrected chi connectivity index (χ0v) is 18.1. The van der Waals surface area contributed by atoms with E-state index in [2.05, 4.69) is 4.90 Å². The smallest absolute Gasteiger partial charge is 0.280 e. The van der Waals surface area contributed by atoms with Gasteiger partial charge in [0.25, 0.3) is 17.4 Å². The maximum Gasteiger partial charge on any atom is 0.280 e. The summed E-state index contributed by atoms with van der Waals surface area (Å²) in [6.45, 7) is 7.24. The molecule has 1 saturated heterocycles. The standard InChI is InChI=1S/C23H26ClN3O3/c1-3-27-19-10-6-7-11-20(19)30-23(2,22(27)29)21(28)26-14-12-25(13-15-26)16-17-8-4-5-9-18(17)24/h4-11H,3,12-16H2,1-2H3. The van der Waals surface area contributed by atoms with Crippen LogP contribution in [0.15, 0.2) is 48.5 Å². The van der Waals surface area contributed by atoms with Gasteiger partial charge in [-0.2, -0.15) is 0 Å². The Bertz CT molecular complexity index is 958. The largest absolute Gasteiger partial charge is 0.465 e. The maximum absolute atomic E-state index is 13.4. The quantitative estimate of drug-likeness (QED) is 0.703. The molecule has 6 nitrogen and oxygen atoms in total. The van der Waals surface area contributed by atoms with Crippen molar-refractivity contribution in [3.63, 3.8) is 0 Å². The second kappa shape index (κ2) is 8.28. The summed E-state index contributed by atoms with van der Waals surface area (Å²) in [4.78, 5) is 32.2. The lowest BCUT2D eigenvalue weighted by Gasteiger charge is -2.43. The maximum atomic E-state index is 13.4. The van der Waals surface area contributed by atoms with E-state index in [9.17, 15) is 9.59 Å². The summed E-state index contributed by atoms with van der Waals surface area (Å²) in [5.41, 5.74) is 0.238. The van der Waals surface area contributed by atoms with Crippen molar-refractivity contribution in [2.75, 3.05) is 37.6 Å². The van der Waals surface area contributed by atoms with E-state index in [0.717, 1.165) is 30.2 Å². The van der Waals surface area contributed by atoms with Gasteiger partial charge in [0.15, 0.2) is 0 Å². The van der Waals surface area contributed by atoms with E-state index in [1.54, 1.807) is 22.8 Å². The molecule has 4 rings (SSSR count). The number of ether oxygens (including phenoxy) is 1. The van der Waals surface area contributed by atoms with E-state index in [0.29, 0.717) is 31.1 Å².